The fourth-order valence-corrected chi connectivity index (χ4v) is 5.57. The summed E-state index contributed by atoms with van der Waals surface area (Å²) in [6.07, 6.45) is 2.31. The second-order valence-electron chi connectivity index (χ2n) is 8.53. The summed E-state index contributed by atoms with van der Waals surface area (Å²) in [6, 6.07) is 26.9. The van der Waals surface area contributed by atoms with Crippen LogP contribution in [-0.2, 0) is 11.8 Å². The molecule has 0 nitrogen and oxygen atoms in total. The van der Waals surface area contributed by atoms with Crippen molar-refractivity contribution in [1.82, 2.24) is 0 Å². The van der Waals surface area contributed by atoms with Crippen molar-refractivity contribution in [2.45, 2.75) is 38.0 Å². The Morgan fingerprint density at radius 2 is 1.63 bits per heavy atom. The highest BCUT2D eigenvalue weighted by molar-refractivity contribution is 9.10. The first kappa shape index (κ1) is 17.0. The van der Waals surface area contributed by atoms with Crippen LogP contribution < -0.4 is 0 Å². The summed E-state index contributed by atoms with van der Waals surface area (Å²) < 4.78 is 1.17. The van der Waals surface area contributed by atoms with Crippen molar-refractivity contribution in [3.05, 3.63) is 94.0 Å². The lowest BCUT2D eigenvalue weighted by Crippen LogP contribution is -2.29. The van der Waals surface area contributed by atoms with Crippen LogP contribution >= 0.6 is 15.9 Å². The standard InChI is InChI=1S/C26H23Br/c1-26(2)16-20(18-7-5-8-21(27)15-18)14-19-11-12-23-22-9-4-3-6-17(22)10-13-24(23)25(19)26/h3-13,15,20H,14,16H2,1-2H3. The second kappa shape index (κ2) is 6.21. The molecule has 1 atom stereocenters. The van der Waals surface area contributed by atoms with E-state index in [1.807, 2.05) is 0 Å². The molecule has 1 heteroatoms. The maximum Gasteiger partial charge on any atom is 0.0178 e. The van der Waals surface area contributed by atoms with Gasteiger partial charge >= 0.3 is 0 Å². The van der Waals surface area contributed by atoms with E-state index >= 15 is 0 Å². The lowest BCUT2D eigenvalue weighted by atomic mass is 9.65. The molecule has 0 spiro atoms. The molecule has 0 bridgehead atoms. The predicted octanol–water partition coefficient (Wildman–Crippen LogP) is 7.76. The molecule has 1 aliphatic rings. The number of rotatable bonds is 1. The van der Waals surface area contributed by atoms with Gasteiger partial charge in [-0.25, -0.2) is 0 Å². The first-order valence-corrected chi connectivity index (χ1v) is 10.5. The Kier molecular flexibility index (Phi) is 3.91. The van der Waals surface area contributed by atoms with Gasteiger partial charge in [0.1, 0.15) is 0 Å². The topological polar surface area (TPSA) is 0 Å². The Morgan fingerprint density at radius 1 is 0.815 bits per heavy atom. The number of fused-ring (bicyclic) bond motifs is 5. The Morgan fingerprint density at radius 3 is 2.48 bits per heavy atom. The molecule has 4 aromatic carbocycles. The van der Waals surface area contributed by atoms with Crippen LogP contribution in [0.2, 0.25) is 0 Å². The summed E-state index contributed by atoms with van der Waals surface area (Å²) in [6.45, 7) is 4.84. The Bertz CT molecular complexity index is 1170. The van der Waals surface area contributed by atoms with Crippen molar-refractivity contribution in [3.63, 3.8) is 0 Å². The molecule has 1 unspecified atom stereocenters. The summed E-state index contributed by atoms with van der Waals surface area (Å²) in [5, 5.41) is 5.51. The largest absolute Gasteiger partial charge is 0.0616 e. The molecule has 0 fully saturated rings. The molecule has 0 N–H and O–H groups in total. The van der Waals surface area contributed by atoms with Crippen LogP contribution in [-0.4, -0.2) is 0 Å². The van der Waals surface area contributed by atoms with Crippen molar-refractivity contribution in [2.75, 3.05) is 0 Å². The molecule has 0 saturated carbocycles. The smallest absolute Gasteiger partial charge is 0.0178 e. The van der Waals surface area contributed by atoms with Crippen molar-refractivity contribution in [1.29, 1.82) is 0 Å². The minimum absolute atomic E-state index is 0.155. The van der Waals surface area contributed by atoms with Gasteiger partial charge in [0.15, 0.2) is 0 Å². The number of halogens is 1. The lowest BCUT2D eigenvalue weighted by molar-refractivity contribution is 0.395. The second-order valence-corrected chi connectivity index (χ2v) is 9.44. The van der Waals surface area contributed by atoms with Gasteiger partial charge < -0.3 is 0 Å². The number of hydrogen-bond acceptors (Lipinski definition) is 0. The molecule has 0 amide bonds. The maximum absolute atomic E-state index is 3.64. The quantitative estimate of drug-likeness (QED) is 0.279. The number of hydrogen-bond donors (Lipinski definition) is 0. The minimum Gasteiger partial charge on any atom is -0.0616 e. The molecular weight excluding hydrogens is 392 g/mol. The molecule has 1 aliphatic carbocycles. The SMILES string of the molecule is CC1(C)CC(c2cccc(Br)c2)Cc2ccc3c(ccc4ccccc43)c21. The molecule has 0 heterocycles. The number of benzene rings is 4. The Hall–Kier alpha value is -2.12. The van der Waals surface area contributed by atoms with E-state index in [9.17, 15) is 0 Å². The van der Waals surface area contributed by atoms with Gasteiger partial charge in [-0.1, -0.05) is 90.4 Å². The highest BCUT2D eigenvalue weighted by atomic mass is 79.9. The summed E-state index contributed by atoms with van der Waals surface area (Å²) in [5.41, 5.74) is 4.67. The summed E-state index contributed by atoms with van der Waals surface area (Å²) in [7, 11) is 0. The van der Waals surface area contributed by atoms with Crippen molar-refractivity contribution >= 4 is 37.5 Å². The van der Waals surface area contributed by atoms with Crippen molar-refractivity contribution in [3.8, 4) is 0 Å². The van der Waals surface area contributed by atoms with Crippen LogP contribution in [0.4, 0.5) is 0 Å². The van der Waals surface area contributed by atoms with Gasteiger partial charge in [0.25, 0.3) is 0 Å². The van der Waals surface area contributed by atoms with Gasteiger partial charge in [-0.15, -0.1) is 0 Å². The molecule has 5 rings (SSSR count). The third-order valence-corrected chi connectivity index (χ3v) is 6.73. The monoisotopic (exact) mass is 414 g/mol. The van der Waals surface area contributed by atoms with E-state index in [4.69, 9.17) is 0 Å². The van der Waals surface area contributed by atoms with Gasteiger partial charge in [0.2, 0.25) is 0 Å². The molecule has 27 heavy (non-hydrogen) atoms. The van der Waals surface area contributed by atoms with Crippen molar-refractivity contribution < 1.29 is 0 Å². The lowest BCUT2D eigenvalue weighted by Gasteiger charge is -2.39. The summed E-state index contributed by atoms with van der Waals surface area (Å²) in [5.74, 6) is 0.572. The van der Waals surface area contributed by atoms with E-state index in [1.165, 1.54) is 43.6 Å². The average molecular weight is 415 g/mol. The maximum atomic E-state index is 3.64. The summed E-state index contributed by atoms with van der Waals surface area (Å²) in [4.78, 5) is 0. The molecule has 0 radical (unpaired) electrons. The van der Waals surface area contributed by atoms with Crippen LogP contribution in [0, 0.1) is 0 Å². The molecule has 0 saturated heterocycles. The fraction of sp³-hybridized carbons (Fsp3) is 0.231. The van der Waals surface area contributed by atoms with E-state index in [0.29, 0.717) is 5.92 Å². The average Bonchev–Trinajstić information content (AvgIpc) is 2.66. The molecule has 0 aromatic heterocycles. The Labute approximate surface area is 169 Å². The third-order valence-electron chi connectivity index (χ3n) is 6.23. The highest BCUT2D eigenvalue weighted by Gasteiger charge is 2.35. The predicted molar refractivity (Wildman–Crippen MR) is 120 cm³/mol. The highest BCUT2D eigenvalue weighted by Crippen LogP contribution is 2.47. The van der Waals surface area contributed by atoms with Crippen LogP contribution in [0.3, 0.4) is 0 Å². The van der Waals surface area contributed by atoms with Gasteiger partial charge in [-0.05, 0) is 74.5 Å². The summed E-state index contributed by atoms with van der Waals surface area (Å²) >= 11 is 3.64. The van der Waals surface area contributed by atoms with Gasteiger partial charge in [0, 0.05) is 4.47 Å². The molecular formula is C26H23Br. The van der Waals surface area contributed by atoms with Crippen LogP contribution in [0.1, 0.15) is 42.9 Å². The van der Waals surface area contributed by atoms with Crippen LogP contribution in [0.25, 0.3) is 21.5 Å². The zero-order valence-corrected chi connectivity index (χ0v) is 17.4. The molecule has 0 aliphatic heterocycles. The minimum atomic E-state index is 0.155. The molecule has 134 valence electrons. The van der Waals surface area contributed by atoms with E-state index in [-0.39, 0.29) is 5.41 Å². The normalized spacial score (nSPS) is 18.6. The zero-order chi connectivity index (χ0) is 18.6. The van der Waals surface area contributed by atoms with Crippen molar-refractivity contribution in [2.24, 2.45) is 0 Å². The van der Waals surface area contributed by atoms with Gasteiger partial charge in [0.05, 0.1) is 0 Å². The van der Waals surface area contributed by atoms with E-state index in [1.54, 1.807) is 5.56 Å². The van der Waals surface area contributed by atoms with E-state index < -0.39 is 0 Å². The Balaban J connectivity index is 1.70. The first-order valence-electron chi connectivity index (χ1n) is 9.72. The first-order chi connectivity index (χ1) is 13.0. The van der Waals surface area contributed by atoms with Crippen LogP contribution in [0.5, 0.6) is 0 Å². The fourth-order valence-electron chi connectivity index (χ4n) is 5.15. The molecule has 4 aromatic rings. The van der Waals surface area contributed by atoms with Crippen LogP contribution in [0.15, 0.2) is 77.3 Å². The van der Waals surface area contributed by atoms with E-state index in [0.717, 1.165) is 6.42 Å². The zero-order valence-electron chi connectivity index (χ0n) is 15.8. The van der Waals surface area contributed by atoms with E-state index in [2.05, 4.69) is 103 Å². The van der Waals surface area contributed by atoms with Gasteiger partial charge in [-0.3, -0.25) is 0 Å². The van der Waals surface area contributed by atoms with Gasteiger partial charge in [-0.2, -0.15) is 0 Å². The third kappa shape index (κ3) is 2.80.